The lowest BCUT2D eigenvalue weighted by Gasteiger charge is -2.25. The lowest BCUT2D eigenvalue weighted by Crippen LogP contribution is -2.45. The molecule has 0 aliphatic rings. The molecule has 0 aromatic rings. The van der Waals surface area contributed by atoms with Gasteiger partial charge in [0.2, 0.25) is 5.91 Å². The van der Waals surface area contributed by atoms with Crippen LogP contribution in [0, 0.1) is 0 Å². The predicted octanol–water partition coefficient (Wildman–Crippen LogP) is 14.8. The van der Waals surface area contributed by atoms with Crippen molar-refractivity contribution in [2.24, 2.45) is 0 Å². The van der Waals surface area contributed by atoms with E-state index < -0.39 is 20.0 Å². The zero-order valence-corrected chi connectivity index (χ0v) is 41.5. The van der Waals surface area contributed by atoms with Gasteiger partial charge in [0.15, 0.2) is 0 Å². The number of aliphatic hydroxyl groups is 1. The number of allylic oxidation sites excluding steroid dienone is 7. The molecule has 0 bridgehead atoms. The van der Waals surface area contributed by atoms with Gasteiger partial charge < -0.3 is 19.8 Å². The Balaban J connectivity index is 4.36. The molecule has 3 unspecified atom stereocenters. The SMILES string of the molecule is CCCCC/C=C\C/C=C\C/C=C\CCCCCCCCC(=O)NC(COP(=O)(O)OCC[N+](C)(C)C)C(O)/C=C/CCCCCCCCCCCCCCCCCCCC. The molecule has 0 fully saturated rings. The van der Waals surface area contributed by atoms with Crippen molar-refractivity contribution in [1.29, 1.82) is 0 Å². The maximum atomic E-state index is 12.9. The Labute approximate surface area is 378 Å². The van der Waals surface area contributed by atoms with Gasteiger partial charge in [-0.25, -0.2) is 4.57 Å². The summed E-state index contributed by atoms with van der Waals surface area (Å²) < 4.78 is 23.6. The zero-order chi connectivity index (χ0) is 45.0. The third-order valence-corrected chi connectivity index (χ3v) is 12.3. The second kappa shape index (κ2) is 43.7. The highest BCUT2D eigenvalue weighted by molar-refractivity contribution is 7.47. The number of phosphoric acid groups is 1. The second-order valence-corrected chi connectivity index (χ2v) is 20.0. The first-order valence-electron chi connectivity index (χ1n) is 25.5. The van der Waals surface area contributed by atoms with Gasteiger partial charge in [-0.3, -0.25) is 13.8 Å². The number of amides is 1. The number of hydrogen-bond acceptors (Lipinski definition) is 5. The van der Waals surface area contributed by atoms with Crippen LogP contribution in [0.5, 0.6) is 0 Å². The van der Waals surface area contributed by atoms with Crippen LogP contribution in [0.3, 0.4) is 0 Å². The van der Waals surface area contributed by atoms with Crippen molar-refractivity contribution in [2.45, 2.75) is 238 Å². The summed E-state index contributed by atoms with van der Waals surface area (Å²) in [5.74, 6) is -0.189. The number of carbonyl (C=O) groups excluding carboxylic acids is 1. The molecule has 9 heteroatoms. The minimum atomic E-state index is -4.35. The zero-order valence-electron chi connectivity index (χ0n) is 40.7. The van der Waals surface area contributed by atoms with Crippen molar-refractivity contribution in [3.63, 3.8) is 0 Å². The Hall–Kier alpha value is -1.54. The molecule has 0 spiro atoms. The number of nitrogens with zero attached hydrogens (tertiary/aromatic N) is 1. The third-order valence-electron chi connectivity index (χ3n) is 11.3. The van der Waals surface area contributed by atoms with Gasteiger partial charge in [-0.2, -0.15) is 0 Å². The van der Waals surface area contributed by atoms with Crippen LogP contribution in [-0.2, 0) is 18.4 Å². The molecule has 0 radical (unpaired) electrons. The molecule has 0 saturated carbocycles. The largest absolute Gasteiger partial charge is 0.472 e. The summed E-state index contributed by atoms with van der Waals surface area (Å²) in [5.41, 5.74) is 0. The van der Waals surface area contributed by atoms with Crippen LogP contribution in [0.1, 0.15) is 226 Å². The van der Waals surface area contributed by atoms with Gasteiger partial charge >= 0.3 is 7.82 Å². The van der Waals surface area contributed by atoms with E-state index in [4.69, 9.17) is 9.05 Å². The van der Waals surface area contributed by atoms with Gasteiger partial charge in [0.25, 0.3) is 0 Å². The van der Waals surface area contributed by atoms with Crippen molar-refractivity contribution in [3.05, 3.63) is 48.6 Å². The molecule has 0 heterocycles. The molecule has 8 nitrogen and oxygen atoms in total. The summed E-state index contributed by atoms with van der Waals surface area (Å²) in [5, 5.41) is 13.9. The average Bonchev–Trinajstić information content (AvgIpc) is 3.21. The normalized spacial score (nSPS) is 14.5. The number of carbonyl (C=O) groups is 1. The summed E-state index contributed by atoms with van der Waals surface area (Å²) in [6.07, 6.45) is 56.1. The van der Waals surface area contributed by atoms with Crippen LogP contribution in [0.25, 0.3) is 0 Å². The third kappa shape index (κ3) is 46.3. The van der Waals surface area contributed by atoms with E-state index in [1.807, 2.05) is 27.2 Å². The first-order chi connectivity index (χ1) is 29.5. The summed E-state index contributed by atoms with van der Waals surface area (Å²) in [6, 6.07) is -0.854. The fourth-order valence-electron chi connectivity index (χ4n) is 7.22. The average molecular weight is 880 g/mol. The van der Waals surface area contributed by atoms with Crippen molar-refractivity contribution in [1.82, 2.24) is 5.32 Å². The molecule has 0 aliphatic heterocycles. The highest BCUT2D eigenvalue weighted by atomic mass is 31.2. The van der Waals surface area contributed by atoms with Crippen LogP contribution in [-0.4, -0.2) is 73.4 Å². The maximum absolute atomic E-state index is 12.9. The first-order valence-corrected chi connectivity index (χ1v) is 27.0. The van der Waals surface area contributed by atoms with Crippen molar-refractivity contribution < 1.29 is 32.9 Å². The molecule has 358 valence electrons. The van der Waals surface area contributed by atoms with Gasteiger partial charge in [-0.05, 0) is 57.8 Å². The van der Waals surface area contributed by atoms with Gasteiger partial charge in [0.1, 0.15) is 13.2 Å². The van der Waals surface area contributed by atoms with E-state index in [2.05, 4.69) is 55.6 Å². The number of phosphoric ester groups is 1. The molecular weight excluding hydrogens is 780 g/mol. The van der Waals surface area contributed by atoms with Crippen LogP contribution in [0.2, 0.25) is 0 Å². The minimum absolute atomic E-state index is 0.0576. The summed E-state index contributed by atoms with van der Waals surface area (Å²) in [6.45, 7) is 4.79. The first kappa shape index (κ1) is 59.5. The highest BCUT2D eigenvalue weighted by Crippen LogP contribution is 2.43. The summed E-state index contributed by atoms with van der Waals surface area (Å²) in [7, 11) is 1.56. The van der Waals surface area contributed by atoms with Gasteiger partial charge in [-0.15, -0.1) is 0 Å². The quantitative estimate of drug-likeness (QED) is 0.0243. The summed E-state index contributed by atoms with van der Waals surface area (Å²) >= 11 is 0. The van der Waals surface area contributed by atoms with Crippen molar-refractivity contribution >= 4 is 13.7 Å². The van der Waals surface area contributed by atoms with Crippen LogP contribution < -0.4 is 5.32 Å². The van der Waals surface area contributed by atoms with Gasteiger partial charge in [-0.1, -0.05) is 210 Å². The minimum Gasteiger partial charge on any atom is -0.387 e. The molecule has 0 aromatic heterocycles. The fraction of sp³-hybridized carbons (Fsp3) is 0.827. The standard InChI is InChI=1S/C52H99N2O6P/c1-6-8-10-12-14-16-18-20-22-24-26-28-29-31-33-35-37-39-41-43-45-51(55)50(49-60-61(57,58)59-48-47-54(3,4)5)53-52(56)46-44-42-40-38-36-34-32-30-27-25-23-21-19-17-15-13-11-9-7-2/h15,17,21,23,27,30,43,45,50-51,55H,6-14,16,18-20,22,24-26,28-29,31-42,44,46-49H2,1-5H3,(H-,53,56,57,58)/p+1/b17-15-,23-21-,30-27-,45-43+. The molecule has 61 heavy (non-hydrogen) atoms. The lowest BCUT2D eigenvalue weighted by molar-refractivity contribution is -0.870. The monoisotopic (exact) mass is 880 g/mol. The number of nitrogens with one attached hydrogen (secondary N) is 1. The maximum Gasteiger partial charge on any atom is 0.472 e. The van der Waals surface area contributed by atoms with E-state index in [1.165, 1.54) is 141 Å². The Morgan fingerprint density at radius 1 is 0.557 bits per heavy atom. The van der Waals surface area contributed by atoms with E-state index in [0.717, 1.165) is 64.2 Å². The molecule has 0 saturated heterocycles. The Morgan fingerprint density at radius 2 is 0.934 bits per heavy atom. The lowest BCUT2D eigenvalue weighted by atomic mass is 10.0. The predicted molar refractivity (Wildman–Crippen MR) is 263 cm³/mol. The molecule has 0 rings (SSSR count). The van der Waals surface area contributed by atoms with Crippen LogP contribution in [0.15, 0.2) is 48.6 Å². The molecule has 1 amide bonds. The van der Waals surface area contributed by atoms with Crippen LogP contribution in [0.4, 0.5) is 0 Å². The Bertz CT molecular complexity index is 1130. The number of unbranched alkanes of at least 4 members (excludes halogenated alkanes) is 27. The van der Waals surface area contributed by atoms with Crippen LogP contribution >= 0.6 is 7.82 Å². The van der Waals surface area contributed by atoms with Crippen molar-refractivity contribution in [3.8, 4) is 0 Å². The number of rotatable bonds is 46. The number of aliphatic hydroxyl groups excluding tert-OH is 1. The molecule has 0 aromatic carbocycles. The second-order valence-electron chi connectivity index (χ2n) is 18.5. The van der Waals surface area contributed by atoms with E-state index in [1.54, 1.807) is 6.08 Å². The molecule has 0 aliphatic carbocycles. The number of likely N-dealkylation sites (N-methyl/N-ethyl adjacent to an activating group) is 1. The number of quaternary nitrogens is 1. The summed E-state index contributed by atoms with van der Waals surface area (Å²) in [4.78, 5) is 23.2. The van der Waals surface area contributed by atoms with Crippen molar-refractivity contribution in [2.75, 3.05) is 40.9 Å². The van der Waals surface area contributed by atoms with E-state index in [9.17, 15) is 19.4 Å². The molecule has 3 N–H and O–H groups in total. The Morgan fingerprint density at radius 3 is 1.39 bits per heavy atom. The van der Waals surface area contributed by atoms with E-state index in [-0.39, 0.29) is 19.1 Å². The molecule has 3 atom stereocenters. The smallest absolute Gasteiger partial charge is 0.387 e. The number of hydrogen-bond donors (Lipinski definition) is 3. The topological polar surface area (TPSA) is 105 Å². The van der Waals surface area contributed by atoms with Gasteiger partial charge in [0.05, 0.1) is 39.9 Å². The van der Waals surface area contributed by atoms with E-state index >= 15 is 0 Å². The Kier molecular flexibility index (Phi) is 42.6. The van der Waals surface area contributed by atoms with E-state index in [0.29, 0.717) is 17.4 Å². The fourth-order valence-corrected chi connectivity index (χ4v) is 7.96. The highest BCUT2D eigenvalue weighted by Gasteiger charge is 2.27. The van der Waals surface area contributed by atoms with Gasteiger partial charge in [0, 0.05) is 6.42 Å². The molecular formula is C52H100N2O6P+.